The second kappa shape index (κ2) is 10.3. The first-order valence-electron chi connectivity index (χ1n) is 8.03. The Balaban J connectivity index is 2.35. The lowest BCUT2D eigenvalue weighted by atomic mass is 10.1. The molecule has 0 unspecified atom stereocenters. The smallest absolute Gasteiger partial charge is 0.394 e. The molecular formula is C19H15Cl2N3O5. The number of nitrogens with zero attached hydrogens (tertiary/aromatic N) is 1. The molecule has 0 aliphatic rings. The van der Waals surface area contributed by atoms with E-state index in [2.05, 4.69) is 15.8 Å². The number of rotatable bonds is 6. The van der Waals surface area contributed by atoms with Crippen LogP contribution in [0.25, 0.3) is 5.57 Å². The summed E-state index contributed by atoms with van der Waals surface area (Å²) in [7, 11) is 1.54. The molecule has 0 aliphatic heterocycles. The Labute approximate surface area is 175 Å². The van der Waals surface area contributed by atoms with Crippen LogP contribution in [-0.4, -0.2) is 36.2 Å². The summed E-state index contributed by atoms with van der Waals surface area (Å²) in [5.41, 5.74) is 3.58. The third-order valence-electron chi connectivity index (χ3n) is 3.39. The van der Waals surface area contributed by atoms with Crippen molar-refractivity contribution in [1.29, 1.82) is 0 Å². The van der Waals surface area contributed by atoms with Crippen LogP contribution in [0.5, 0.6) is 5.75 Å². The van der Waals surface area contributed by atoms with Crippen LogP contribution in [0.4, 0.5) is 5.69 Å². The first-order valence-corrected chi connectivity index (χ1v) is 8.79. The van der Waals surface area contributed by atoms with Crippen molar-refractivity contribution >= 4 is 58.5 Å². The van der Waals surface area contributed by atoms with Crippen LogP contribution in [0.3, 0.4) is 0 Å². The van der Waals surface area contributed by atoms with E-state index in [4.69, 9.17) is 33.0 Å². The number of ether oxygens (including phenoxy) is 1. The van der Waals surface area contributed by atoms with Crippen molar-refractivity contribution in [1.82, 2.24) is 5.43 Å². The number of benzene rings is 2. The van der Waals surface area contributed by atoms with Gasteiger partial charge in [0.1, 0.15) is 0 Å². The van der Waals surface area contributed by atoms with E-state index < -0.39 is 11.9 Å². The van der Waals surface area contributed by atoms with Gasteiger partial charge in [-0.3, -0.25) is 9.59 Å². The summed E-state index contributed by atoms with van der Waals surface area (Å²) in [4.78, 5) is 33.4. The Hall–Kier alpha value is -3.36. The number of aliphatic carboxylic acids is 1. The molecule has 0 radical (unpaired) electrons. The van der Waals surface area contributed by atoms with Gasteiger partial charge in [-0.25, -0.2) is 4.79 Å². The fraction of sp³-hybridized carbons (Fsp3) is 0.0526. The van der Waals surface area contributed by atoms with E-state index in [1.165, 1.54) is 25.3 Å². The minimum atomic E-state index is -1.66. The van der Waals surface area contributed by atoms with Crippen molar-refractivity contribution in [3.05, 3.63) is 64.1 Å². The molecule has 0 saturated carbocycles. The molecule has 29 heavy (non-hydrogen) atoms. The third-order valence-corrected chi connectivity index (χ3v) is 3.95. The van der Waals surface area contributed by atoms with Crippen molar-refractivity contribution in [3.63, 3.8) is 0 Å². The summed E-state index contributed by atoms with van der Waals surface area (Å²) in [5.74, 6) is -2.91. The lowest BCUT2D eigenvalue weighted by Crippen LogP contribution is -2.21. The van der Waals surface area contributed by atoms with Gasteiger partial charge in [0.05, 0.1) is 10.0 Å². The maximum absolute atomic E-state index is 11.5. The minimum Gasteiger partial charge on any atom is -0.474 e. The average molecular weight is 436 g/mol. The minimum absolute atomic E-state index is 0.00483. The number of carbonyl (C=O) groups is 3. The molecule has 0 bridgehead atoms. The highest BCUT2D eigenvalue weighted by atomic mass is 35.5. The molecule has 1 amide bonds. The van der Waals surface area contributed by atoms with Gasteiger partial charge in [0, 0.05) is 24.4 Å². The zero-order valence-electron chi connectivity index (χ0n) is 15.0. The molecule has 0 heterocycles. The van der Waals surface area contributed by atoms with E-state index in [0.717, 1.165) is 0 Å². The van der Waals surface area contributed by atoms with Gasteiger partial charge in [0.15, 0.2) is 12.0 Å². The Morgan fingerprint density at radius 2 is 1.76 bits per heavy atom. The van der Waals surface area contributed by atoms with Gasteiger partial charge < -0.3 is 20.6 Å². The summed E-state index contributed by atoms with van der Waals surface area (Å²) < 4.78 is 5.64. The normalized spacial score (nSPS) is 11.6. The summed E-state index contributed by atoms with van der Waals surface area (Å²) in [6, 6.07) is 11.4. The van der Waals surface area contributed by atoms with E-state index in [-0.39, 0.29) is 27.4 Å². The Bertz CT molecular complexity index is 968. The van der Waals surface area contributed by atoms with Gasteiger partial charge in [0.2, 0.25) is 5.90 Å². The zero-order valence-corrected chi connectivity index (χ0v) is 16.5. The number of hydrogen-bond acceptors (Lipinski definition) is 6. The number of carboxylic acid groups (broad SMARTS) is 1. The Morgan fingerprint density at radius 3 is 2.28 bits per heavy atom. The number of carbonyl (C=O) groups excluding carboxylic acids is 2. The predicted octanol–water partition coefficient (Wildman–Crippen LogP) is 3.21. The highest BCUT2D eigenvalue weighted by Crippen LogP contribution is 2.36. The monoisotopic (exact) mass is 435 g/mol. The van der Waals surface area contributed by atoms with E-state index in [1.807, 2.05) is 6.07 Å². The zero-order chi connectivity index (χ0) is 21.4. The number of halogens is 2. The van der Waals surface area contributed by atoms with Crippen LogP contribution in [0, 0.1) is 0 Å². The van der Waals surface area contributed by atoms with Crippen LogP contribution < -0.4 is 15.5 Å². The van der Waals surface area contributed by atoms with Gasteiger partial charge >= 0.3 is 11.9 Å². The fourth-order valence-corrected chi connectivity index (χ4v) is 2.73. The maximum atomic E-state index is 11.5. The van der Waals surface area contributed by atoms with Gasteiger partial charge in [-0.15, -0.1) is 5.10 Å². The van der Waals surface area contributed by atoms with E-state index in [0.29, 0.717) is 17.4 Å². The van der Waals surface area contributed by atoms with Gasteiger partial charge in [-0.05, 0) is 17.7 Å². The number of carboxylic acids is 1. The van der Waals surface area contributed by atoms with Crippen molar-refractivity contribution in [2.45, 2.75) is 0 Å². The Kier molecular flexibility index (Phi) is 7.76. The standard InChI is InChI=1S/C19H15Cl2N3O5/c1-22-24-16(7-12(10-25)11-5-3-2-4-6-11)29-17-14(20)8-13(9-15(17)21)23-18(26)19(27)28/h2-10,22H,1H3,(H,23,26)(H,27,28)/b12-7+,24-16+. The summed E-state index contributed by atoms with van der Waals surface area (Å²) in [6.07, 6.45) is 2.04. The first-order chi connectivity index (χ1) is 13.8. The quantitative estimate of drug-likeness (QED) is 0.160. The molecule has 0 fully saturated rings. The highest BCUT2D eigenvalue weighted by molar-refractivity contribution is 6.39. The number of allylic oxidation sites excluding steroid dienone is 1. The van der Waals surface area contributed by atoms with Crippen molar-refractivity contribution < 1.29 is 24.2 Å². The number of aldehydes is 1. The fourth-order valence-electron chi connectivity index (χ4n) is 2.16. The highest BCUT2D eigenvalue weighted by Gasteiger charge is 2.16. The van der Waals surface area contributed by atoms with Gasteiger partial charge in [-0.2, -0.15) is 0 Å². The summed E-state index contributed by atoms with van der Waals surface area (Å²) in [5, 5.41) is 14.7. The number of amides is 1. The summed E-state index contributed by atoms with van der Waals surface area (Å²) >= 11 is 12.3. The molecule has 2 aromatic carbocycles. The number of hydrogen-bond donors (Lipinski definition) is 3. The molecule has 0 aromatic heterocycles. The average Bonchev–Trinajstić information content (AvgIpc) is 2.69. The SMILES string of the molecule is CN/N=C(\C=C(/C=O)c1ccccc1)Oc1c(Cl)cc(NC(=O)C(=O)O)cc1Cl. The third kappa shape index (κ3) is 6.06. The predicted molar refractivity (Wildman–Crippen MR) is 110 cm³/mol. The molecule has 0 spiro atoms. The van der Waals surface area contributed by atoms with E-state index >= 15 is 0 Å². The van der Waals surface area contributed by atoms with E-state index in [9.17, 15) is 14.4 Å². The molecule has 150 valence electrons. The topological polar surface area (TPSA) is 117 Å². The largest absolute Gasteiger partial charge is 0.474 e. The Morgan fingerprint density at radius 1 is 1.14 bits per heavy atom. The van der Waals surface area contributed by atoms with Crippen LogP contribution in [0.15, 0.2) is 53.6 Å². The van der Waals surface area contributed by atoms with Crippen LogP contribution in [-0.2, 0) is 14.4 Å². The second-order valence-electron chi connectivity index (χ2n) is 5.39. The molecule has 0 atom stereocenters. The molecule has 0 saturated heterocycles. The van der Waals surface area contributed by atoms with Gasteiger partial charge in [0.25, 0.3) is 0 Å². The first kappa shape index (κ1) is 21.9. The van der Waals surface area contributed by atoms with Crippen molar-refractivity contribution in [2.24, 2.45) is 5.10 Å². The molecule has 2 aromatic rings. The summed E-state index contributed by atoms with van der Waals surface area (Å²) in [6.45, 7) is 0. The van der Waals surface area contributed by atoms with Crippen LogP contribution in [0.2, 0.25) is 10.0 Å². The van der Waals surface area contributed by atoms with E-state index in [1.54, 1.807) is 24.3 Å². The molecule has 0 aliphatic carbocycles. The molecule has 3 N–H and O–H groups in total. The van der Waals surface area contributed by atoms with Crippen LogP contribution >= 0.6 is 23.2 Å². The molecular weight excluding hydrogens is 421 g/mol. The maximum Gasteiger partial charge on any atom is 0.394 e. The second-order valence-corrected chi connectivity index (χ2v) is 6.20. The van der Waals surface area contributed by atoms with Crippen LogP contribution in [0.1, 0.15) is 5.56 Å². The number of anilines is 1. The lowest BCUT2D eigenvalue weighted by molar-refractivity contribution is -0.147. The van der Waals surface area contributed by atoms with Gasteiger partial charge in [-0.1, -0.05) is 53.5 Å². The number of nitrogens with one attached hydrogen (secondary N) is 2. The number of hydrazone groups is 1. The molecule has 2 rings (SSSR count). The molecule has 10 heteroatoms. The van der Waals surface area contributed by atoms with Crippen molar-refractivity contribution in [2.75, 3.05) is 12.4 Å². The van der Waals surface area contributed by atoms with Crippen molar-refractivity contribution in [3.8, 4) is 5.75 Å². The lowest BCUT2D eigenvalue weighted by Gasteiger charge is -2.12. The molecule has 8 nitrogen and oxygen atoms in total.